The Morgan fingerprint density at radius 2 is 2.04 bits per heavy atom. The van der Waals surface area contributed by atoms with Gasteiger partial charge in [-0.05, 0) is 18.2 Å². The highest BCUT2D eigenvalue weighted by Crippen LogP contribution is 2.37. The number of rotatable bonds is 8. The summed E-state index contributed by atoms with van der Waals surface area (Å²) in [4.78, 5) is 11.7. The molecule has 2 aliphatic rings. The standard InChI is InChI=1S/C18H21FN4O4S/c1-2-3-7-18(21-22-18)8-6-17(24)20-14-4-5-15(19)16(13-14)28(25,26)23-9-11-27-12-10-23/h1,4-5,13H,3,6-12H2,(H,20,24). The first-order valence-electron chi connectivity index (χ1n) is 8.91. The first kappa shape index (κ1) is 20.4. The van der Waals surface area contributed by atoms with Crippen molar-refractivity contribution in [3.63, 3.8) is 0 Å². The van der Waals surface area contributed by atoms with Crippen LogP contribution in [0.3, 0.4) is 0 Å². The van der Waals surface area contributed by atoms with Crippen LogP contribution in [0.2, 0.25) is 0 Å². The lowest BCUT2D eigenvalue weighted by Crippen LogP contribution is -2.40. The molecule has 150 valence electrons. The highest BCUT2D eigenvalue weighted by atomic mass is 32.2. The molecule has 1 aromatic rings. The summed E-state index contributed by atoms with van der Waals surface area (Å²) in [5.74, 6) is 1.32. The quantitative estimate of drug-likeness (QED) is 0.666. The van der Waals surface area contributed by atoms with Crippen molar-refractivity contribution in [2.45, 2.75) is 36.2 Å². The number of nitrogens with zero attached hydrogens (tertiary/aromatic N) is 3. The predicted octanol–water partition coefficient (Wildman–Crippen LogP) is 2.14. The number of sulfonamides is 1. The average molecular weight is 408 g/mol. The Bertz CT molecular complexity index is 914. The number of ether oxygens (including phenoxy) is 1. The fourth-order valence-electron chi connectivity index (χ4n) is 2.91. The molecule has 0 spiro atoms. The molecule has 1 saturated heterocycles. The second kappa shape index (κ2) is 8.34. The monoisotopic (exact) mass is 408 g/mol. The molecule has 2 aliphatic heterocycles. The molecular weight excluding hydrogens is 387 g/mol. The summed E-state index contributed by atoms with van der Waals surface area (Å²) in [7, 11) is -4.01. The third-order valence-electron chi connectivity index (χ3n) is 4.61. The third-order valence-corrected chi connectivity index (χ3v) is 6.52. The van der Waals surface area contributed by atoms with E-state index in [0.29, 0.717) is 19.3 Å². The smallest absolute Gasteiger partial charge is 0.246 e. The van der Waals surface area contributed by atoms with Gasteiger partial charge in [-0.15, -0.1) is 12.3 Å². The van der Waals surface area contributed by atoms with E-state index in [9.17, 15) is 17.6 Å². The van der Waals surface area contributed by atoms with Gasteiger partial charge in [0.05, 0.1) is 13.2 Å². The number of halogens is 1. The van der Waals surface area contributed by atoms with E-state index in [1.165, 1.54) is 10.4 Å². The molecular formula is C18H21FN4O4S. The van der Waals surface area contributed by atoms with E-state index in [1.807, 2.05) is 0 Å². The summed E-state index contributed by atoms with van der Waals surface area (Å²) in [5.41, 5.74) is -0.363. The first-order chi connectivity index (χ1) is 13.4. The van der Waals surface area contributed by atoms with Crippen molar-refractivity contribution in [2.75, 3.05) is 31.6 Å². The summed E-state index contributed by atoms with van der Waals surface area (Å²) in [6, 6.07) is 3.49. The van der Waals surface area contributed by atoms with Gasteiger partial charge in [0, 0.05) is 44.5 Å². The molecule has 10 heteroatoms. The van der Waals surface area contributed by atoms with Gasteiger partial charge in [0.1, 0.15) is 10.7 Å². The molecule has 1 N–H and O–H groups in total. The number of hydrogen-bond donors (Lipinski definition) is 1. The van der Waals surface area contributed by atoms with Crippen molar-refractivity contribution in [3.05, 3.63) is 24.0 Å². The van der Waals surface area contributed by atoms with Gasteiger partial charge in [0.2, 0.25) is 15.9 Å². The number of carbonyl (C=O) groups excluding carboxylic acids is 1. The van der Waals surface area contributed by atoms with Gasteiger partial charge in [-0.3, -0.25) is 4.79 Å². The highest BCUT2D eigenvalue weighted by Gasteiger charge is 2.39. The molecule has 1 amide bonds. The molecule has 2 heterocycles. The van der Waals surface area contributed by atoms with Crippen LogP contribution >= 0.6 is 0 Å². The topological polar surface area (TPSA) is 100 Å². The summed E-state index contributed by atoms with van der Waals surface area (Å²) in [6.07, 6.45) is 6.91. The van der Waals surface area contributed by atoms with E-state index in [1.54, 1.807) is 0 Å². The number of nitrogens with one attached hydrogen (secondary N) is 1. The maximum atomic E-state index is 14.2. The molecule has 1 fully saturated rings. The zero-order chi connectivity index (χ0) is 20.2. The summed E-state index contributed by atoms with van der Waals surface area (Å²) >= 11 is 0. The first-order valence-corrected chi connectivity index (χ1v) is 10.4. The largest absolute Gasteiger partial charge is 0.379 e. The van der Waals surface area contributed by atoms with Crippen molar-refractivity contribution in [2.24, 2.45) is 10.2 Å². The lowest BCUT2D eigenvalue weighted by molar-refractivity contribution is -0.116. The highest BCUT2D eigenvalue weighted by molar-refractivity contribution is 7.89. The Kier molecular flexibility index (Phi) is 6.07. The van der Waals surface area contributed by atoms with Crippen molar-refractivity contribution in [1.29, 1.82) is 0 Å². The SMILES string of the molecule is C#CCCC1(CCC(=O)Nc2ccc(F)c(S(=O)(=O)N3CCOCC3)c2)N=N1. The number of hydrogen-bond acceptors (Lipinski definition) is 6. The number of benzene rings is 1. The van der Waals surface area contributed by atoms with Crippen molar-refractivity contribution in [3.8, 4) is 12.3 Å². The van der Waals surface area contributed by atoms with Gasteiger partial charge in [0.15, 0.2) is 5.66 Å². The van der Waals surface area contributed by atoms with E-state index < -0.39 is 26.4 Å². The Labute approximate surface area is 163 Å². The van der Waals surface area contributed by atoms with Crippen LogP contribution in [0, 0.1) is 18.2 Å². The normalized spacial score (nSPS) is 18.4. The van der Waals surface area contributed by atoms with Crippen molar-refractivity contribution < 1.29 is 22.3 Å². The zero-order valence-electron chi connectivity index (χ0n) is 15.2. The van der Waals surface area contributed by atoms with E-state index in [4.69, 9.17) is 11.2 Å². The van der Waals surface area contributed by atoms with Gasteiger partial charge in [0.25, 0.3) is 0 Å². The Morgan fingerprint density at radius 1 is 1.32 bits per heavy atom. The molecule has 3 rings (SSSR count). The van der Waals surface area contributed by atoms with Gasteiger partial charge < -0.3 is 10.1 Å². The Morgan fingerprint density at radius 3 is 2.68 bits per heavy atom. The van der Waals surface area contributed by atoms with Gasteiger partial charge >= 0.3 is 0 Å². The molecule has 0 radical (unpaired) electrons. The molecule has 0 aliphatic carbocycles. The third kappa shape index (κ3) is 4.73. The molecule has 8 nitrogen and oxygen atoms in total. The second-order valence-electron chi connectivity index (χ2n) is 6.60. The fourth-order valence-corrected chi connectivity index (χ4v) is 4.41. The van der Waals surface area contributed by atoms with Crippen LogP contribution in [0.5, 0.6) is 0 Å². The van der Waals surface area contributed by atoms with E-state index in [0.717, 1.165) is 12.1 Å². The number of anilines is 1. The van der Waals surface area contributed by atoms with Crippen LogP contribution in [0.4, 0.5) is 10.1 Å². The fraction of sp³-hybridized carbons (Fsp3) is 0.500. The summed E-state index contributed by atoms with van der Waals surface area (Å²) in [5, 5.41) is 10.5. The van der Waals surface area contributed by atoms with E-state index in [2.05, 4.69) is 21.5 Å². The zero-order valence-corrected chi connectivity index (χ0v) is 16.0. The predicted molar refractivity (Wildman–Crippen MR) is 99.5 cm³/mol. The van der Waals surface area contributed by atoms with Crippen LogP contribution in [-0.2, 0) is 19.6 Å². The lowest BCUT2D eigenvalue weighted by Gasteiger charge is -2.26. The van der Waals surface area contributed by atoms with Crippen LogP contribution < -0.4 is 5.32 Å². The van der Waals surface area contributed by atoms with Gasteiger partial charge in [-0.25, -0.2) is 12.8 Å². The van der Waals surface area contributed by atoms with Gasteiger partial charge in [-0.2, -0.15) is 14.5 Å². The second-order valence-corrected chi connectivity index (χ2v) is 8.50. The van der Waals surface area contributed by atoms with E-state index >= 15 is 0 Å². The molecule has 28 heavy (non-hydrogen) atoms. The minimum absolute atomic E-state index is 0.139. The van der Waals surface area contributed by atoms with Crippen molar-refractivity contribution in [1.82, 2.24) is 4.31 Å². The number of amides is 1. The maximum absolute atomic E-state index is 14.2. The molecule has 1 aromatic carbocycles. The summed E-state index contributed by atoms with van der Waals surface area (Å²) in [6.45, 7) is 0.833. The minimum atomic E-state index is -4.01. The average Bonchev–Trinajstić information content (AvgIpc) is 3.47. The maximum Gasteiger partial charge on any atom is 0.246 e. The lowest BCUT2D eigenvalue weighted by atomic mass is 10.0. The Hall–Kier alpha value is -2.35. The molecule has 0 aromatic heterocycles. The number of carbonyl (C=O) groups is 1. The van der Waals surface area contributed by atoms with E-state index in [-0.39, 0.29) is 44.3 Å². The van der Waals surface area contributed by atoms with Gasteiger partial charge in [-0.1, -0.05) is 0 Å². The van der Waals surface area contributed by atoms with Crippen LogP contribution in [0.25, 0.3) is 0 Å². The van der Waals surface area contributed by atoms with Crippen LogP contribution in [0.1, 0.15) is 25.7 Å². The van der Waals surface area contributed by atoms with Crippen molar-refractivity contribution >= 4 is 21.6 Å². The van der Waals surface area contributed by atoms with Crippen LogP contribution in [-0.4, -0.2) is 50.6 Å². The number of terminal acetylenes is 1. The van der Waals surface area contributed by atoms with Crippen LogP contribution in [0.15, 0.2) is 33.3 Å². The molecule has 0 saturated carbocycles. The minimum Gasteiger partial charge on any atom is -0.379 e. The molecule has 0 unspecified atom stereocenters. The summed E-state index contributed by atoms with van der Waals surface area (Å²) < 4.78 is 45.9. The molecule has 0 atom stereocenters. The number of morpholine rings is 1. The Balaban J connectivity index is 1.64. The molecule has 0 bridgehead atoms.